The first-order valence-electron chi connectivity index (χ1n) is 9.96. The van der Waals surface area contributed by atoms with Gasteiger partial charge in [-0.05, 0) is 43.4 Å². The fraction of sp³-hybridized carbons (Fsp3) is 0.348. The van der Waals surface area contributed by atoms with E-state index >= 15 is 0 Å². The molecule has 0 saturated carbocycles. The van der Waals surface area contributed by atoms with Gasteiger partial charge in [-0.25, -0.2) is 0 Å². The van der Waals surface area contributed by atoms with E-state index in [9.17, 15) is 0 Å². The molecule has 156 valence electrons. The van der Waals surface area contributed by atoms with Crippen LogP contribution < -0.4 is 23.8 Å². The molecule has 7 nitrogen and oxygen atoms in total. The molecule has 3 heterocycles. The molecule has 7 heteroatoms. The maximum absolute atomic E-state index is 5.65. The minimum atomic E-state index is 0.248. The second-order valence-electron chi connectivity index (χ2n) is 7.83. The van der Waals surface area contributed by atoms with Crippen molar-refractivity contribution in [3.63, 3.8) is 0 Å². The van der Waals surface area contributed by atoms with Crippen LogP contribution in [0.1, 0.15) is 5.56 Å². The number of pyridine rings is 1. The summed E-state index contributed by atoms with van der Waals surface area (Å²) in [5, 5.41) is 1.07. The highest BCUT2D eigenvalue weighted by Gasteiger charge is 2.28. The summed E-state index contributed by atoms with van der Waals surface area (Å²) >= 11 is 0. The molecule has 3 aromatic rings. The summed E-state index contributed by atoms with van der Waals surface area (Å²) in [5.41, 5.74) is 5.47. The third-order valence-corrected chi connectivity index (χ3v) is 5.73. The Hall–Kier alpha value is -3.19. The Labute approximate surface area is 175 Å². The van der Waals surface area contributed by atoms with Gasteiger partial charge >= 0.3 is 0 Å². The Bertz CT molecular complexity index is 1130. The Morgan fingerprint density at radius 1 is 1.00 bits per heavy atom. The standard InChI is InChI=1S/C23H25N3O4/c1-25(2)5-6-26-12-14-7-19(27-3)20(28-4)8-15(14)17-11-24-18-10-22-21(29-13-30-22)9-16(18)23(17)26/h7-11H,5-6,12-13H2,1-4H3. The van der Waals surface area contributed by atoms with Crippen molar-refractivity contribution in [3.8, 4) is 34.1 Å². The monoisotopic (exact) mass is 407 g/mol. The molecule has 2 aliphatic rings. The second kappa shape index (κ2) is 7.25. The highest BCUT2D eigenvalue weighted by atomic mass is 16.7. The molecule has 0 atom stereocenters. The number of hydrogen-bond donors (Lipinski definition) is 0. The zero-order valence-corrected chi connectivity index (χ0v) is 17.7. The summed E-state index contributed by atoms with van der Waals surface area (Å²) in [5.74, 6) is 2.97. The van der Waals surface area contributed by atoms with Gasteiger partial charge in [-0.2, -0.15) is 0 Å². The lowest BCUT2D eigenvalue weighted by Crippen LogP contribution is -2.33. The molecule has 30 heavy (non-hydrogen) atoms. The molecule has 0 saturated heterocycles. The van der Waals surface area contributed by atoms with Gasteiger partial charge in [-0.15, -0.1) is 0 Å². The molecule has 0 bridgehead atoms. The second-order valence-corrected chi connectivity index (χ2v) is 7.83. The molecule has 0 amide bonds. The molecule has 0 fully saturated rings. The lowest BCUT2D eigenvalue weighted by atomic mass is 9.92. The summed E-state index contributed by atoms with van der Waals surface area (Å²) in [4.78, 5) is 9.36. The third-order valence-electron chi connectivity index (χ3n) is 5.73. The Morgan fingerprint density at radius 3 is 2.47 bits per heavy atom. The summed E-state index contributed by atoms with van der Waals surface area (Å²) in [7, 11) is 7.52. The van der Waals surface area contributed by atoms with Crippen LogP contribution in [0, 0.1) is 0 Å². The molecule has 0 aliphatic carbocycles. The van der Waals surface area contributed by atoms with Crippen LogP contribution in [0.15, 0.2) is 30.5 Å². The number of fused-ring (bicyclic) bond motifs is 6. The number of rotatable bonds is 5. The molecule has 0 N–H and O–H groups in total. The van der Waals surface area contributed by atoms with E-state index < -0.39 is 0 Å². The number of benzene rings is 2. The van der Waals surface area contributed by atoms with Gasteiger partial charge in [-0.3, -0.25) is 4.98 Å². The van der Waals surface area contributed by atoms with E-state index in [0.717, 1.165) is 64.7 Å². The number of anilines is 1. The van der Waals surface area contributed by atoms with Crippen molar-refractivity contribution in [2.24, 2.45) is 0 Å². The first-order valence-corrected chi connectivity index (χ1v) is 9.96. The normalized spacial score (nSPS) is 14.1. The minimum absolute atomic E-state index is 0.248. The molecule has 2 aromatic carbocycles. The Balaban J connectivity index is 1.74. The average Bonchev–Trinajstić information content (AvgIpc) is 3.21. The first-order chi connectivity index (χ1) is 14.6. The van der Waals surface area contributed by atoms with Crippen LogP contribution in [0.2, 0.25) is 0 Å². The van der Waals surface area contributed by atoms with Gasteiger partial charge in [-0.1, -0.05) is 0 Å². The maximum Gasteiger partial charge on any atom is 0.231 e. The van der Waals surface area contributed by atoms with Crippen LogP contribution in [0.4, 0.5) is 5.69 Å². The van der Waals surface area contributed by atoms with E-state index in [1.165, 1.54) is 11.3 Å². The van der Waals surface area contributed by atoms with E-state index in [1.54, 1.807) is 14.2 Å². The van der Waals surface area contributed by atoms with Gasteiger partial charge in [0.2, 0.25) is 6.79 Å². The number of likely N-dealkylation sites (N-methyl/N-ethyl adjacent to an activating group) is 1. The van der Waals surface area contributed by atoms with Gasteiger partial charge in [0.25, 0.3) is 0 Å². The van der Waals surface area contributed by atoms with E-state index in [-0.39, 0.29) is 6.79 Å². The predicted octanol–water partition coefficient (Wildman–Crippen LogP) is 3.53. The van der Waals surface area contributed by atoms with Crippen LogP contribution >= 0.6 is 0 Å². The molecular weight excluding hydrogens is 382 g/mol. The number of nitrogens with zero attached hydrogens (tertiary/aromatic N) is 3. The number of hydrogen-bond acceptors (Lipinski definition) is 7. The topological polar surface area (TPSA) is 56.3 Å². The molecule has 0 spiro atoms. The summed E-state index contributed by atoms with van der Waals surface area (Å²) < 4.78 is 22.3. The van der Waals surface area contributed by atoms with Crippen LogP contribution in [-0.2, 0) is 6.54 Å². The van der Waals surface area contributed by atoms with E-state index in [4.69, 9.17) is 23.9 Å². The molecule has 0 unspecified atom stereocenters. The quantitative estimate of drug-likeness (QED) is 0.641. The van der Waals surface area contributed by atoms with Crippen LogP contribution in [0.25, 0.3) is 22.0 Å². The van der Waals surface area contributed by atoms with E-state index in [1.807, 2.05) is 12.3 Å². The van der Waals surface area contributed by atoms with Gasteiger partial charge in [0, 0.05) is 42.8 Å². The molecule has 2 aliphatic heterocycles. The highest BCUT2D eigenvalue weighted by Crippen LogP contribution is 2.48. The van der Waals surface area contributed by atoms with Crippen molar-refractivity contribution in [2.45, 2.75) is 6.54 Å². The van der Waals surface area contributed by atoms with Crippen molar-refractivity contribution in [3.05, 3.63) is 36.0 Å². The third kappa shape index (κ3) is 2.97. The number of methoxy groups -OCH3 is 2. The van der Waals surface area contributed by atoms with Crippen molar-refractivity contribution in [2.75, 3.05) is 53.1 Å². The van der Waals surface area contributed by atoms with Crippen LogP contribution in [0.3, 0.4) is 0 Å². The average molecular weight is 407 g/mol. The zero-order chi connectivity index (χ0) is 20.8. The first kappa shape index (κ1) is 18.8. The van der Waals surface area contributed by atoms with Gasteiger partial charge in [0.1, 0.15) is 0 Å². The smallest absolute Gasteiger partial charge is 0.231 e. The minimum Gasteiger partial charge on any atom is -0.493 e. The fourth-order valence-electron chi connectivity index (χ4n) is 4.20. The van der Waals surface area contributed by atoms with Crippen molar-refractivity contribution in [1.29, 1.82) is 0 Å². The highest BCUT2D eigenvalue weighted by molar-refractivity contribution is 6.03. The summed E-state index contributed by atoms with van der Waals surface area (Å²) in [6.45, 7) is 2.86. The predicted molar refractivity (Wildman–Crippen MR) is 116 cm³/mol. The number of ether oxygens (including phenoxy) is 4. The lowest BCUT2D eigenvalue weighted by molar-refractivity contribution is 0.174. The van der Waals surface area contributed by atoms with Crippen molar-refractivity contribution >= 4 is 16.6 Å². The Kier molecular flexibility index (Phi) is 4.55. The molecule has 0 radical (unpaired) electrons. The van der Waals surface area contributed by atoms with E-state index in [0.29, 0.717) is 0 Å². The largest absolute Gasteiger partial charge is 0.493 e. The Morgan fingerprint density at radius 2 is 1.73 bits per heavy atom. The summed E-state index contributed by atoms with van der Waals surface area (Å²) in [6, 6.07) is 8.14. The molecule has 5 rings (SSSR count). The van der Waals surface area contributed by atoms with Gasteiger partial charge in [0.05, 0.1) is 25.4 Å². The fourth-order valence-corrected chi connectivity index (χ4v) is 4.20. The maximum atomic E-state index is 5.65. The zero-order valence-electron chi connectivity index (χ0n) is 17.7. The van der Waals surface area contributed by atoms with Crippen molar-refractivity contribution in [1.82, 2.24) is 9.88 Å². The van der Waals surface area contributed by atoms with Crippen molar-refractivity contribution < 1.29 is 18.9 Å². The SMILES string of the molecule is COc1cc2c(cc1OC)-c1cnc3cc4c(cc3c1N(CCN(C)C)C2)OCO4. The van der Waals surface area contributed by atoms with Crippen LogP contribution in [-0.4, -0.2) is 58.1 Å². The van der Waals surface area contributed by atoms with Gasteiger partial charge < -0.3 is 28.7 Å². The number of aromatic nitrogens is 1. The van der Waals surface area contributed by atoms with Gasteiger partial charge in [0.15, 0.2) is 23.0 Å². The van der Waals surface area contributed by atoms with E-state index in [2.05, 4.69) is 42.1 Å². The summed E-state index contributed by atoms with van der Waals surface area (Å²) in [6.07, 6.45) is 1.95. The van der Waals surface area contributed by atoms with Crippen LogP contribution in [0.5, 0.6) is 23.0 Å². The lowest BCUT2D eigenvalue weighted by Gasteiger charge is -2.35. The molecule has 1 aromatic heterocycles. The molecular formula is C23H25N3O4.